The lowest BCUT2D eigenvalue weighted by atomic mass is 9.95. The van der Waals surface area contributed by atoms with Gasteiger partial charge in [-0.1, -0.05) is 12.1 Å². The Balaban J connectivity index is 1.38. The second kappa shape index (κ2) is 6.37. The molecule has 1 saturated heterocycles. The Morgan fingerprint density at radius 2 is 2.04 bits per heavy atom. The Morgan fingerprint density at radius 1 is 1.17 bits per heavy atom. The maximum atomic E-state index is 13.3. The zero-order chi connectivity index (χ0) is 15.6. The van der Waals surface area contributed by atoms with Crippen LogP contribution in [0.3, 0.4) is 0 Å². The van der Waals surface area contributed by atoms with E-state index in [1.807, 2.05) is 6.07 Å². The third-order valence-electron chi connectivity index (χ3n) is 4.90. The molecule has 0 spiro atoms. The van der Waals surface area contributed by atoms with Crippen LogP contribution in [-0.2, 0) is 19.6 Å². The lowest BCUT2D eigenvalue weighted by molar-refractivity contribution is 0.199. The van der Waals surface area contributed by atoms with Gasteiger partial charge >= 0.3 is 0 Å². The minimum atomic E-state index is -0.152. The molecule has 0 saturated carbocycles. The molecular weight excluding hydrogens is 293 g/mol. The number of nitrogens with zero attached hydrogens (tertiary/aromatic N) is 4. The maximum Gasteiger partial charge on any atom is 0.147 e. The highest BCUT2D eigenvalue weighted by Crippen LogP contribution is 2.28. The van der Waals surface area contributed by atoms with Crippen LogP contribution in [0.1, 0.15) is 36.0 Å². The molecule has 1 fully saturated rings. The van der Waals surface area contributed by atoms with Crippen molar-refractivity contribution in [2.45, 2.75) is 38.4 Å². The molecule has 4 rings (SSSR count). The van der Waals surface area contributed by atoms with Gasteiger partial charge in [-0.15, -0.1) is 10.2 Å². The summed E-state index contributed by atoms with van der Waals surface area (Å²) in [4.78, 5) is 2.40. The molecule has 0 atom stereocenters. The minimum absolute atomic E-state index is 0.152. The Hall–Kier alpha value is -1.79. The predicted octanol–water partition coefficient (Wildman–Crippen LogP) is 1.90. The molecule has 2 aliphatic heterocycles. The number of halogens is 1. The summed E-state index contributed by atoms with van der Waals surface area (Å²) in [6, 6.07) is 6.91. The Morgan fingerprint density at radius 3 is 2.87 bits per heavy atom. The molecule has 0 unspecified atom stereocenters. The highest BCUT2D eigenvalue weighted by Gasteiger charge is 2.26. The van der Waals surface area contributed by atoms with Gasteiger partial charge in [-0.05, 0) is 43.6 Å². The normalized spacial score (nSPS) is 19.7. The van der Waals surface area contributed by atoms with Crippen LogP contribution in [0.15, 0.2) is 24.3 Å². The summed E-state index contributed by atoms with van der Waals surface area (Å²) in [5.41, 5.74) is 1.05. The molecule has 1 aromatic heterocycles. The van der Waals surface area contributed by atoms with Crippen LogP contribution in [0.5, 0.6) is 0 Å². The Labute approximate surface area is 135 Å². The molecule has 1 aromatic carbocycles. The summed E-state index contributed by atoms with van der Waals surface area (Å²) in [6.45, 7) is 5.68. The van der Waals surface area contributed by atoms with Gasteiger partial charge in [-0.3, -0.25) is 4.90 Å². The molecule has 0 bridgehead atoms. The van der Waals surface area contributed by atoms with Crippen molar-refractivity contribution < 1.29 is 4.39 Å². The zero-order valence-corrected chi connectivity index (χ0v) is 13.2. The number of aromatic nitrogens is 3. The molecular formula is C17H22FN5. The highest BCUT2D eigenvalue weighted by atomic mass is 19.1. The van der Waals surface area contributed by atoms with Gasteiger partial charge in [-0.2, -0.15) is 0 Å². The van der Waals surface area contributed by atoms with Crippen LogP contribution < -0.4 is 5.32 Å². The number of rotatable bonds is 3. The molecule has 122 valence electrons. The Kier molecular flexibility index (Phi) is 4.10. The summed E-state index contributed by atoms with van der Waals surface area (Å²) in [5.74, 6) is 2.57. The molecule has 3 heterocycles. The lowest BCUT2D eigenvalue weighted by Crippen LogP contribution is -2.34. The number of hydrogen-bond acceptors (Lipinski definition) is 4. The SMILES string of the molecule is Fc1cccc(CN2CCC(c3nnc4n3CCNC4)CC2)c1. The largest absolute Gasteiger partial charge is 0.312 e. The fourth-order valence-electron chi connectivity index (χ4n) is 3.66. The molecule has 0 amide bonds. The van der Waals surface area contributed by atoms with E-state index in [0.29, 0.717) is 5.92 Å². The summed E-state index contributed by atoms with van der Waals surface area (Å²) in [5, 5.41) is 12.1. The van der Waals surface area contributed by atoms with Crippen LogP contribution in [0.2, 0.25) is 0 Å². The second-order valence-electron chi connectivity index (χ2n) is 6.48. The van der Waals surface area contributed by atoms with Crippen molar-refractivity contribution in [1.29, 1.82) is 0 Å². The summed E-state index contributed by atoms with van der Waals surface area (Å²) >= 11 is 0. The molecule has 1 N–H and O–H groups in total. The number of hydrogen-bond donors (Lipinski definition) is 1. The van der Waals surface area contributed by atoms with Gasteiger partial charge in [0.25, 0.3) is 0 Å². The molecule has 5 nitrogen and oxygen atoms in total. The van der Waals surface area contributed by atoms with Crippen molar-refractivity contribution in [3.63, 3.8) is 0 Å². The van der Waals surface area contributed by atoms with Crippen molar-refractivity contribution in [1.82, 2.24) is 25.0 Å². The number of benzene rings is 1. The Bertz CT molecular complexity index is 675. The fourth-order valence-corrected chi connectivity index (χ4v) is 3.66. The van der Waals surface area contributed by atoms with E-state index < -0.39 is 0 Å². The van der Waals surface area contributed by atoms with E-state index in [4.69, 9.17) is 0 Å². The standard InChI is InChI=1S/C17H22FN5/c18-15-3-1-2-13(10-15)12-22-7-4-14(5-8-22)17-21-20-16-11-19-6-9-23(16)17/h1-3,10,14,19H,4-9,11-12H2. The van der Waals surface area contributed by atoms with Gasteiger partial charge in [0.15, 0.2) is 0 Å². The average molecular weight is 315 g/mol. The molecule has 0 aliphatic carbocycles. The number of fused-ring (bicyclic) bond motifs is 1. The lowest BCUT2D eigenvalue weighted by Gasteiger charge is -2.32. The summed E-state index contributed by atoms with van der Waals surface area (Å²) in [7, 11) is 0. The van der Waals surface area contributed by atoms with Gasteiger partial charge in [0, 0.05) is 25.6 Å². The quantitative estimate of drug-likeness (QED) is 0.940. The maximum absolute atomic E-state index is 13.3. The first-order chi connectivity index (χ1) is 11.3. The van der Waals surface area contributed by atoms with E-state index >= 15 is 0 Å². The van der Waals surface area contributed by atoms with Crippen LogP contribution in [0.25, 0.3) is 0 Å². The predicted molar refractivity (Wildman–Crippen MR) is 85.4 cm³/mol. The topological polar surface area (TPSA) is 46.0 Å². The van der Waals surface area contributed by atoms with Gasteiger partial charge < -0.3 is 9.88 Å². The van der Waals surface area contributed by atoms with Crippen molar-refractivity contribution in [2.24, 2.45) is 0 Å². The van der Waals surface area contributed by atoms with E-state index in [9.17, 15) is 4.39 Å². The first kappa shape index (κ1) is 14.8. The highest BCUT2D eigenvalue weighted by molar-refractivity contribution is 5.16. The van der Waals surface area contributed by atoms with E-state index in [1.165, 1.54) is 6.07 Å². The van der Waals surface area contributed by atoms with E-state index in [1.54, 1.807) is 12.1 Å². The third-order valence-corrected chi connectivity index (χ3v) is 4.90. The van der Waals surface area contributed by atoms with Crippen LogP contribution in [0.4, 0.5) is 4.39 Å². The zero-order valence-electron chi connectivity index (χ0n) is 13.2. The van der Waals surface area contributed by atoms with Crippen LogP contribution in [-0.4, -0.2) is 39.3 Å². The van der Waals surface area contributed by atoms with Crippen molar-refractivity contribution in [3.8, 4) is 0 Å². The molecule has 0 radical (unpaired) electrons. The van der Waals surface area contributed by atoms with Gasteiger partial charge in [0.2, 0.25) is 0 Å². The average Bonchev–Trinajstić information content (AvgIpc) is 3.00. The smallest absolute Gasteiger partial charge is 0.147 e. The van der Waals surface area contributed by atoms with Crippen molar-refractivity contribution in [3.05, 3.63) is 47.3 Å². The van der Waals surface area contributed by atoms with E-state index in [-0.39, 0.29) is 5.82 Å². The number of likely N-dealkylation sites (tertiary alicyclic amines) is 1. The molecule has 2 aliphatic rings. The van der Waals surface area contributed by atoms with Crippen molar-refractivity contribution in [2.75, 3.05) is 19.6 Å². The fraction of sp³-hybridized carbons (Fsp3) is 0.529. The number of piperidine rings is 1. The van der Waals surface area contributed by atoms with Gasteiger partial charge in [0.05, 0.1) is 6.54 Å². The van der Waals surface area contributed by atoms with Crippen molar-refractivity contribution >= 4 is 0 Å². The third kappa shape index (κ3) is 3.14. The minimum Gasteiger partial charge on any atom is -0.312 e. The van der Waals surface area contributed by atoms with E-state index in [2.05, 4.69) is 25.0 Å². The summed E-state index contributed by atoms with van der Waals surface area (Å²) < 4.78 is 15.6. The first-order valence-corrected chi connectivity index (χ1v) is 8.39. The van der Waals surface area contributed by atoms with Gasteiger partial charge in [0.1, 0.15) is 17.5 Å². The molecule has 6 heteroatoms. The second-order valence-corrected chi connectivity index (χ2v) is 6.48. The van der Waals surface area contributed by atoms with E-state index in [0.717, 1.165) is 69.3 Å². The van der Waals surface area contributed by atoms with Gasteiger partial charge in [-0.25, -0.2) is 4.39 Å². The van der Waals surface area contributed by atoms with Crippen LogP contribution >= 0.6 is 0 Å². The monoisotopic (exact) mass is 315 g/mol. The molecule has 23 heavy (non-hydrogen) atoms. The first-order valence-electron chi connectivity index (χ1n) is 8.39. The van der Waals surface area contributed by atoms with Crippen LogP contribution in [0, 0.1) is 5.82 Å². The number of nitrogens with one attached hydrogen (secondary N) is 1. The molecule has 2 aromatic rings. The summed E-state index contributed by atoms with van der Waals surface area (Å²) in [6.07, 6.45) is 2.20.